The topological polar surface area (TPSA) is 38.5 Å². The molecular formula is C16H26N2O. The van der Waals surface area contributed by atoms with Crippen molar-refractivity contribution in [1.29, 1.82) is 0 Å². The molecule has 2 rings (SSSR count). The van der Waals surface area contributed by atoms with Gasteiger partial charge in [0.2, 0.25) is 0 Å². The molecule has 1 saturated heterocycles. The molecule has 19 heavy (non-hydrogen) atoms. The third-order valence-electron chi connectivity index (χ3n) is 3.87. The van der Waals surface area contributed by atoms with Gasteiger partial charge in [-0.05, 0) is 50.0 Å². The van der Waals surface area contributed by atoms with Gasteiger partial charge < -0.3 is 10.5 Å². The van der Waals surface area contributed by atoms with Gasteiger partial charge in [-0.1, -0.05) is 25.5 Å². The number of nitrogens with two attached hydrogens (primary N) is 1. The maximum Gasteiger partial charge on any atom is 0.119 e. The first-order valence-corrected chi connectivity index (χ1v) is 7.50. The normalized spacial score (nSPS) is 18.2. The SMILES string of the molecule is CC[C@@H](N)c1ccc(OCCN2CCCCC2)cc1. The molecule has 0 aliphatic carbocycles. The molecule has 1 aromatic carbocycles. The molecular weight excluding hydrogens is 236 g/mol. The molecule has 0 unspecified atom stereocenters. The first kappa shape index (κ1) is 14.4. The van der Waals surface area contributed by atoms with Crippen LogP contribution in [0.3, 0.4) is 0 Å². The summed E-state index contributed by atoms with van der Waals surface area (Å²) < 4.78 is 5.79. The second kappa shape index (κ2) is 7.51. The number of hydrogen-bond donors (Lipinski definition) is 1. The van der Waals surface area contributed by atoms with Gasteiger partial charge in [0.25, 0.3) is 0 Å². The van der Waals surface area contributed by atoms with Crippen LogP contribution in [0.5, 0.6) is 5.75 Å². The summed E-state index contributed by atoms with van der Waals surface area (Å²) in [6.45, 7) is 6.38. The van der Waals surface area contributed by atoms with Crippen molar-refractivity contribution in [2.45, 2.75) is 38.6 Å². The Morgan fingerprint density at radius 2 is 1.84 bits per heavy atom. The number of rotatable bonds is 6. The van der Waals surface area contributed by atoms with E-state index in [1.54, 1.807) is 0 Å². The van der Waals surface area contributed by atoms with Gasteiger partial charge >= 0.3 is 0 Å². The van der Waals surface area contributed by atoms with E-state index in [4.69, 9.17) is 10.5 Å². The molecule has 1 atom stereocenters. The van der Waals surface area contributed by atoms with Crippen molar-refractivity contribution in [1.82, 2.24) is 4.90 Å². The van der Waals surface area contributed by atoms with Crippen LogP contribution in [-0.4, -0.2) is 31.1 Å². The molecule has 1 fully saturated rings. The highest BCUT2D eigenvalue weighted by molar-refractivity contribution is 5.28. The van der Waals surface area contributed by atoms with Crippen LogP contribution in [0.2, 0.25) is 0 Å². The number of benzene rings is 1. The molecule has 1 aliphatic heterocycles. The van der Waals surface area contributed by atoms with Crippen molar-refractivity contribution >= 4 is 0 Å². The quantitative estimate of drug-likeness (QED) is 0.856. The molecule has 0 saturated carbocycles. The predicted molar refractivity (Wildman–Crippen MR) is 79.4 cm³/mol. The summed E-state index contributed by atoms with van der Waals surface area (Å²) in [6.07, 6.45) is 5.03. The van der Waals surface area contributed by atoms with Crippen LogP contribution in [0.15, 0.2) is 24.3 Å². The van der Waals surface area contributed by atoms with Crippen LogP contribution in [-0.2, 0) is 0 Å². The third-order valence-corrected chi connectivity index (χ3v) is 3.87. The zero-order valence-corrected chi connectivity index (χ0v) is 12.0. The molecule has 3 nitrogen and oxygen atoms in total. The minimum atomic E-state index is 0.141. The lowest BCUT2D eigenvalue weighted by molar-refractivity contribution is 0.183. The van der Waals surface area contributed by atoms with E-state index < -0.39 is 0 Å². The molecule has 1 aromatic rings. The Morgan fingerprint density at radius 1 is 1.16 bits per heavy atom. The monoisotopic (exact) mass is 262 g/mol. The van der Waals surface area contributed by atoms with Crippen molar-refractivity contribution in [2.24, 2.45) is 5.73 Å². The third kappa shape index (κ3) is 4.51. The highest BCUT2D eigenvalue weighted by atomic mass is 16.5. The molecule has 2 N–H and O–H groups in total. The van der Waals surface area contributed by atoms with Crippen molar-refractivity contribution in [3.8, 4) is 5.75 Å². The van der Waals surface area contributed by atoms with Crippen LogP contribution in [0.25, 0.3) is 0 Å². The fourth-order valence-corrected chi connectivity index (χ4v) is 2.52. The van der Waals surface area contributed by atoms with Gasteiger partial charge in [0, 0.05) is 12.6 Å². The van der Waals surface area contributed by atoms with Crippen molar-refractivity contribution in [2.75, 3.05) is 26.2 Å². The summed E-state index contributed by atoms with van der Waals surface area (Å²) in [5.41, 5.74) is 7.18. The summed E-state index contributed by atoms with van der Waals surface area (Å²) >= 11 is 0. The Balaban J connectivity index is 1.73. The van der Waals surface area contributed by atoms with Crippen molar-refractivity contribution < 1.29 is 4.74 Å². The van der Waals surface area contributed by atoms with Gasteiger partial charge in [-0.2, -0.15) is 0 Å². The van der Waals surface area contributed by atoms with E-state index in [1.807, 2.05) is 12.1 Å². The molecule has 1 aliphatic rings. The molecule has 106 valence electrons. The van der Waals surface area contributed by atoms with E-state index in [2.05, 4.69) is 24.0 Å². The molecule has 0 spiro atoms. The van der Waals surface area contributed by atoms with Gasteiger partial charge in [0.1, 0.15) is 12.4 Å². The standard InChI is InChI=1S/C16H26N2O/c1-2-16(17)14-6-8-15(9-7-14)19-13-12-18-10-4-3-5-11-18/h6-9,16H,2-5,10-13,17H2,1H3/t16-/m1/s1. The number of hydrogen-bond acceptors (Lipinski definition) is 3. The highest BCUT2D eigenvalue weighted by Gasteiger charge is 2.09. The molecule has 0 radical (unpaired) electrons. The number of nitrogens with zero attached hydrogens (tertiary/aromatic N) is 1. The van der Waals surface area contributed by atoms with E-state index in [-0.39, 0.29) is 6.04 Å². The van der Waals surface area contributed by atoms with Crippen LogP contribution in [0, 0.1) is 0 Å². The first-order valence-electron chi connectivity index (χ1n) is 7.50. The zero-order valence-electron chi connectivity index (χ0n) is 12.0. The Morgan fingerprint density at radius 3 is 2.47 bits per heavy atom. The smallest absolute Gasteiger partial charge is 0.119 e. The van der Waals surface area contributed by atoms with Gasteiger partial charge in [-0.3, -0.25) is 4.90 Å². The van der Waals surface area contributed by atoms with Gasteiger partial charge in [0.05, 0.1) is 0 Å². The van der Waals surface area contributed by atoms with E-state index in [1.165, 1.54) is 37.9 Å². The van der Waals surface area contributed by atoms with Crippen molar-refractivity contribution in [3.05, 3.63) is 29.8 Å². The lowest BCUT2D eigenvalue weighted by Crippen LogP contribution is -2.33. The lowest BCUT2D eigenvalue weighted by Gasteiger charge is -2.26. The molecule has 3 heteroatoms. The Labute approximate surface area is 116 Å². The first-order chi connectivity index (χ1) is 9.29. The van der Waals surface area contributed by atoms with Crippen LogP contribution in [0.1, 0.15) is 44.2 Å². The van der Waals surface area contributed by atoms with Gasteiger partial charge in [0.15, 0.2) is 0 Å². The summed E-state index contributed by atoms with van der Waals surface area (Å²) in [7, 11) is 0. The largest absolute Gasteiger partial charge is 0.492 e. The average Bonchev–Trinajstić information content (AvgIpc) is 2.48. The van der Waals surface area contributed by atoms with Gasteiger partial charge in [-0.15, -0.1) is 0 Å². The number of piperidine rings is 1. The second-order valence-electron chi connectivity index (χ2n) is 5.33. The fraction of sp³-hybridized carbons (Fsp3) is 0.625. The summed E-state index contributed by atoms with van der Waals surface area (Å²) in [5, 5.41) is 0. The van der Waals surface area contributed by atoms with E-state index in [0.717, 1.165) is 25.3 Å². The summed E-state index contributed by atoms with van der Waals surface area (Å²) in [5.74, 6) is 0.948. The Bertz CT molecular complexity index is 358. The number of ether oxygens (including phenoxy) is 1. The van der Waals surface area contributed by atoms with Gasteiger partial charge in [-0.25, -0.2) is 0 Å². The van der Waals surface area contributed by atoms with E-state index in [0.29, 0.717) is 0 Å². The maximum atomic E-state index is 5.99. The van der Waals surface area contributed by atoms with Crippen LogP contribution >= 0.6 is 0 Å². The summed E-state index contributed by atoms with van der Waals surface area (Å²) in [4.78, 5) is 2.49. The second-order valence-corrected chi connectivity index (χ2v) is 5.33. The minimum absolute atomic E-state index is 0.141. The average molecular weight is 262 g/mol. The molecule has 0 amide bonds. The van der Waals surface area contributed by atoms with E-state index >= 15 is 0 Å². The number of likely N-dealkylation sites (tertiary alicyclic amines) is 1. The zero-order chi connectivity index (χ0) is 13.5. The maximum absolute atomic E-state index is 5.99. The van der Waals surface area contributed by atoms with Crippen molar-refractivity contribution in [3.63, 3.8) is 0 Å². The molecule has 1 heterocycles. The molecule has 0 bridgehead atoms. The Hall–Kier alpha value is -1.06. The molecule has 0 aromatic heterocycles. The minimum Gasteiger partial charge on any atom is -0.492 e. The highest BCUT2D eigenvalue weighted by Crippen LogP contribution is 2.18. The van der Waals surface area contributed by atoms with Crippen LogP contribution < -0.4 is 10.5 Å². The van der Waals surface area contributed by atoms with Crippen LogP contribution in [0.4, 0.5) is 0 Å². The fourth-order valence-electron chi connectivity index (χ4n) is 2.52. The predicted octanol–water partition coefficient (Wildman–Crippen LogP) is 2.96. The lowest BCUT2D eigenvalue weighted by atomic mass is 10.1. The van der Waals surface area contributed by atoms with E-state index in [9.17, 15) is 0 Å². The summed E-state index contributed by atoms with van der Waals surface area (Å²) in [6, 6.07) is 8.35. The Kier molecular flexibility index (Phi) is 5.67.